The second-order valence-electron chi connectivity index (χ2n) is 8.76. The maximum absolute atomic E-state index is 13.5. The highest BCUT2D eigenvalue weighted by atomic mass is 32.1. The summed E-state index contributed by atoms with van der Waals surface area (Å²) in [5, 5.41) is 7.53. The van der Waals surface area contributed by atoms with Crippen molar-refractivity contribution in [2.45, 2.75) is 25.2 Å². The predicted octanol–water partition coefficient (Wildman–Crippen LogP) is 5.52. The monoisotopic (exact) mass is 529 g/mol. The highest BCUT2D eigenvalue weighted by Crippen LogP contribution is 2.35. The van der Waals surface area contributed by atoms with E-state index in [0.29, 0.717) is 16.1 Å². The third-order valence-electron chi connectivity index (χ3n) is 6.15. The van der Waals surface area contributed by atoms with Gasteiger partial charge in [0.15, 0.2) is 12.1 Å². The average molecular weight is 530 g/mol. The molecule has 1 aromatic heterocycles. The Hall–Kier alpha value is -4.50. The van der Waals surface area contributed by atoms with Crippen molar-refractivity contribution in [1.82, 2.24) is 10.2 Å². The molecule has 0 saturated carbocycles. The Labute approximate surface area is 222 Å². The van der Waals surface area contributed by atoms with Crippen LogP contribution in [0.2, 0.25) is 0 Å². The van der Waals surface area contributed by atoms with Crippen molar-refractivity contribution in [2.75, 3.05) is 5.32 Å². The standard InChI is InChI=1S/C29H24FN3O4S/c30-22-13-11-19(12-14-22)17-31-28(35)25-26(37-29(36)33(25)18-20-6-2-1-3-7-20)21-8-4-9-23(16-21)32-27(34)24-10-5-15-38-24/h1-16,25-26H,17-18H2,(H,31,35)(H,32,34)/t25-,26-/m0/s1. The van der Waals surface area contributed by atoms with Gasteiger partial charge in [0.2, 0.25) is 5.91 Å². The van der Waals surface area contributed by atoms with Crippen LogP contribution in [0.25, 0.3) is 0 Å². The first-order valence-electron chi connectivity index (χ1n) is 12.0. The van der Waals surface area contributed by atoms with Gasteiger partial charge >= 0.3 is 6.09 Å². The van der Waals surface area contributed by atoms with Crippen molar-refractivity contribution < 1.29 is 23.5 Å². The molecule has 38 heavy (non-hydrogen) atoms. The summed E-state index contributed by atoms with van der Waals surface area (Å²) in [6, 6.07) is 24.6. The number of thiophene rings is 1. The first kappa shape index (κ1) is 25.2. The van der Waals surface area contributed by atoms with E-state index in [0.717, 1.165) is 11.1 Å². The minimum atomic E-state index is -0.966. The maximum Gasteiger partial charge on any atom is 0.411 e. The van der Waals surface area contributed by atoms with Gasteiger partial charge in [-0.15, -0.1) is 11.3 Å². The third kappa shape index (κ3) is 5.73. The lowest BCUT2D eigenvalue weighted by Crippen LogP contribution is -2.46. The summed E-state index contributed by atoms with van der Waals surface area (Å²) in [4.78, 5) is 41.0. The number of anilines is 1. The first-order chi connectivity index (χ1) is 18.5. The lowest BCUT2D eigenvalue weighted by molar-refractivity contribution is -0.126. The SMILES string of the molecule is O=C(Nc1cccc([C@@H]2OC(=O)N(Cc3ccccc3)[C@@H]2C(=O)NCc2ccc(F)cc2)c1)c1cccs1. The minimum Gasteiger partial charge on any atom is -0.438 e. The summed E-state index contributed by atoms with van der Waals surface area (Å²) in [7, 11) is 0. The highest BCUT2D eigenvalue weighted by Gasteiger charge is 2.47. The fourth-order valence-corrected chi connectivity index (χ4v) is 4.90. The number of hydrogen-bond donors (Lipinski definition) is 2. The summed E-state index contributed by atoms with van der Waals surface area (Å²) in [6.45, 7) is 0.340. The molecule has 2 N–H and O–H groups in total. The molecule has 2 heterocycles. The van der Waals surface area contributed by atoms with Crippen LogP contribution in [0, 0.1) is 5.82 Å². The zero-order chi connectivity index (χ0) is 26.5. The summed E-state index contributed by atoms with van der Waals surface area (Å²) in [5.41, 5.74) is 2.65. The molecule has 0 spiro atoms. The van der Waals surface area contributed by atoms with Crippen LogP contribution in [0.4, 0.5) is 14.9 Å². The van der Waals surface area contributed by atoms with Crippen LogP contribution in [0.3, 0.4) is 0 Å². The molecule has 1 fully saturated rings. The van der Waals surface area contributed by atoms with Crippen LogP contribution >= 0.6 is 11.3 Å². The van der Waals surface area contributed by atoms with E-state index in [-0.39, 0.29) is 24.8 Å². The summed E-state index contributed by atoms with van der Waals surface area (Å²) >= 11 is 1.33. The molecule has 1 aliphatic rings. The Morgan fingerprint density at radius 2 is 1.71 bits per heavy atom. The number of nitrogens with zero attached hydrogens (tertiary/aromatic N) is 1. The molecule has 0 radical (unpaired) electrons. The molecule has 2 atom stereocenters. The van der Waals surface area contributed by atoms with Crippen molar-refractivity contribution >= 4 is 34.9 Å². The molecular weight excluding hydrogens is 505 g/mol. The number of carbonyl (C=O) groups excluding carboxylic acids is 3. The number of benzene rings is 3. The van der Waals surface area contributed by atoms with Gasteiger partial charge in [-0.05, 0) is 52.4 Å². The van der Waals surface area contributed by atoms with Crippen molar-refractivity contribution in [1.29, 1.82) is 0 Å². The van der Waals surface area contributed by atoms with Crippen molar-refractivity contribution in [3.8, 4) is 0 Å². The smallest absolute Gasteiger partial charge is 0.411 e. The fraction of sp³-hybridized carbons (Fsp3) is 0.138. The number of halogens is 1. The van der Waals surface area contributed by atoms with Crippen LogP contribution in [0.5, 0.6) is 0 Å². The van der Waals surface area contributed by atoms with E-state index in [1.54, 1.807) is 48.5 Å². The van der Waals surface area contributed by atoms with E-state index >= 15 is 0 Å². The summed E-state index contributed by atoms with van der Waals surface area (Å²) in [5.74, 6) is -1.02. The van der Waals surface area contributed by atoms with E-state index in [1.807, 2.05) is 35.7 Å². The van der Waals surface area contributed by atoms with Gasteiger partial charge in [0.25, 0.3) is 5.91 Å². The van der Waals surface area contributed by atoms with Crippen LogP contribution in [-0.2, 0) is 22.6 Å². The maximum atomic E-state index is 13.5. The third-order valence-corrected chi connectivity index (χ3v) is 7.02. The van der Waals surface area contributed by atoms with Gasteiger partial charge in [0.05, 0.1) is 11.4 Å². The van der Waals surface area contributed by atoms with Crippen LogP contribution < -0.4 is 10.6 Å². The molecule has 3 amide bonds. The number of rotatable bonds is 8. The summed E-state index contributed by atoms with van der Waals surface area (Å²) in [6.07, 6.45) is -1.52. The molecule has 4 aromatic rings. The molecule has 1 aliphatic heterocycles. The van der Waals surface area contributed by atoms with Gasteiger partial charge in [-0.1, -0.05) is 60.7 Å². The average Bonchev–Trinajstić information content (AvgIpc) is 3.58. The van der Waals surface area contributed by atoms with Crippen molar-refractivity contribution in [3.05, 3.63) is 124 Å². The molecule has 0 bridgehead atoms. The topological polar surface area (TPSA) is 87.7 Å². The summed E-state index contributed by atoms with van der Waals surface area (Å²) < 4.78 is 19.0. The van der Waals surface area contributed by atoms with E-state index in [2.05, 4.69) is 10.6 Å². The van der Waals surface area contributed by atoms with Crippen molar-refractivity contribution in [3.63, 3.8) is 0 Å². The van der Waals surface area contributed by atoms with E-state index in [9.17, 15) is 18.8 Å². The van der Waals surface area contributed by atoms with Crippen LogP contribution in [0.15, 0.2) is 96.4 Å². The lowest BCUT2D eigenvalue weighted by Gasteiger charge is -2.24. The highest BCUT2D eigenvalue weighted by molar-refractivity contribution is 7.12. The molecule has 3 aromatic carbocycles. The number of ether oxygens (including phenoxy) is 1. The van der Waals surface area contributed by atoms with E-state index in [1.165, 1.54) is 28.4 Å². The molecule has 0 aliphatic carbocycles. The largest absolute Gasteiger partial charge is 0.438 e. The number of hydrogen-bond acceptors (Lipinski definition) is 5. The lowest BCUT2D eigenvalue weighted by atomic mass is 10.00. The normalized spacial score (nSPS) is 16.7. The van der Waals surface area contributed by atoms with E-state index in [4.69, 9.17) is 4.74 Å². The van der Waals surface area contributed by atoms with Gasteiger partial charge in [-0.3, -0.25) is 14.5 Å². The molecule has 9 heteroatoms. The number of cyclic esters (lactones) is 1. The number of nitrogens with one attached hydrogen (secondary N) is 2. The molecule has 192 valence electrons. The van der Waals surface area contributed by atoms with Crippen LogP contribution in [0.1, 0.15) is 32.5 Å². The fourth-order valence-electron chi connectivity index (χ4n) is 4.28. The Kier molecular flexibility index (Phi) is 7.46. The molecule has 5 rings (SSSR count). The number of amides is 3. The quantitative estimate of drug-likeness (QED) is 0.315. The first-order valence-corrected chi connectivity index (χ1v) is 12.8. The Bertz CT molecular complexity index is 1430. The molecule has 7 nitrogen and oxygen atoms in total. The second-order valence-corrected chi connectivity index (χ2v) is 9.71. The van der Waals surface area contributed by atoms with Crippen LogP contribution in [-0.4, -0.2) is 28.8 Å². The minimum absolute atomic E-state index is 0.159. The molecule has 1 saturated heterocycles. The second kappa shape index (κ2) is 11.3. The van der Waals surface area contributed by atoms with Crippen molar-refractivity contribution in [2.24, 2.45) is 0 Å². The number of carbonyl (C=O) groups is 3. The Balaban J connectivity index is 1.40. The zero-order valence-corrected chi connectivity index (χ0v) is 21.0. The van der Waals surface area contributed by atoms with Gasteiger partial charge in [0, 0.05) is 12.2 Å². The molecule has 0 unspecified atom stereocenters. The van der Waals surface area contributed by atoms with E-state index < -0.39 is 24.1 Å². The van der Waals surface area contributed by atoms with Gasteiger partial charge in [-0.25, -0.2) is 9.18 Å². The van der Waals surface area contributed by atoms with Gasteiger partial charge in [0.1, 0.15) is 5.82 Å². The Morgan fingerprint density at radius 1 is 0.921 bits per heavy atom. The predicted molar refractivity (Wildman–Crippen MR) is 142 cm³/mol. The van der Waals surface area contributed by atoms with Gasteiger partial charge in [-0.2, -0.15) is 0 Å². The molecular formula is C29H24FN3O4S. The Morgan fingerprint density at radius 3 is 2.45 bits per heavy atom. The zero-order valence-electron chi connectivity index (χ0n) is 20.2. The van der Waals surface area contributed by atoms with Gasteiger partial charge < -0.3 is 15.4 Å².